The van der Waals surface area contributed by atoms with Crippen molar-refractivity contribution >= 4 is 33.5 Å². The highest BCUT2D eigenvalue weighted by Crippen LogP contribution is 2.40. The Morgan fingerprint density at radius 1 is 1.59 bits per heavy atom. The Bertz CT molecular complexity index is 443. The van der Waals surface area contributed by atoms with Crippen molar-refractivity contribution in [2.24, 2.45) is 0 Å². The highest BCUT2D eigenvalue weighted by atomic mass is 79.9. The molecule has 0 aromatic carbocycles. The number of rotatable bonds is 4. The van der Waals surface area contributed by atoms with Crippen LogP contribution in [0, 0.1) is 0 Å². The summed E-state index contributed by atoms with van der Waals surface area (Å²) in [6.45, 7) is 0.864. The minimum atomic E-state index is -0.146. The summed E-state index contributed by atoms with van der Waals surface area (Å²) in [6, 6.07) is 0. The first-order valence-corrected chi connectivity index (χ1v) is 7.71. The van der Waals surface area contributed by atoms with Gasteiger partial charge in [0.1, 0.15) is 10.3 Å². The molecule has 1 aromatic rings. The van der Waals surface area contributed by atoms with Gasteiger partial charge in [-0.15, -0.1) is 0 Å². The average Bonchev–Trinajstić information content (AvgIpc) is 2.81. The van der Waals surface area contributed by atoms with E-state index in [2.05, 4.69) is 37.5 Å². The zero-order valence-electron chi connectivity index (χ0n) is 9.75. The second-order valence-corrected chi connectivity index (χ2v) is 6.41. The van der Waals surface area contributed by atoms with Crippen LogP contribution in [-0.4, -0.2) is 27.5 Å². The molecule has 1 fully saturated rings. The zero-order chi connectivity index (χ0) is 12.3. The molecule has 0 aliphatic heterocycles. The van der Waals surface area contributed by atoms with E-state index in [9.17, 15) is 4.79 Å². The summed E-state index contributed by atoms with van der Waals surface area (Å²) in [6.07, 6.45) is 8.66. The molecule has 0 amide bonds. The first kappa shape index (κ1) is 13.0. The Labute approximate surface area is 113 Å². The van der Waals surface area contributed by atoms with Crippen LogP contribution in [0.5, 0.6) is 0 Å². The topological polar surface area (TPSA) is 57.8 Å². The zero-order valence-corrected chi connectivity index (χ0v) is 12.2. The van der Waals surface area contributed by atoms with Gasteiger partial charge in [-0.3, -0.25) is 4.79 Å². The van der Waals surface area contributed by atoms with E-state index < -0.39 is 0 Å². The third-order valence-electron chi connectivity index (χ3n) is 3.32. The Hall–Kier alpha value is -0.490. The van der Waals surface area contributed by atoms with Gasteiger partial charge in [0, 0.05) is 11.3 Å². The Balaban J connectivity index is 2.06. The number of H-pyrrole nitrogens is 1. The van der Waals surface area contributed by atoms with Crippen LogP contribution >= 0.6 is 27.7 Å². The molecule has 2 rings (SSSR count). The predicted molar refractivity (Wildman–Crippen MR) is 75.8 cm³/mol. The minimum absolute atomic E-state index is 0.146. The van der Waals surface area contributed by atoms with Gasteiger partial charge in [-0.2, -0.15) is 11.8 Å². The highest BCUT2D eigenvalue weighted by molar-refractivity contribution is 9.10. The number of halogens is 1. The lowest BCUT2D eigenvalue weighted by molar-refractivity contribution is 0.638. The lowest BCUT2D eigenvalue weighted by Crippen LogP contribution is -2.30. The number of hydrogen-bond donors (Lipinski definition) is 2. The Morgan fingerprint density at radius 3 is 2.94 bits per heavy atom. The van der Waals surface area contributed by atoms with Crippen molar-refractivity contribution in [1.29, 1.82) is 0 Å². The summed E-state index contributed by atoms with van der Waals surface area (Å²) < 4.78 is 0.790. The Morgan fingerprint density at radius 2 is 2.29 bits per heavy atom. The van der Waals surface area contributed by atoms with Crippen molar-refractivity contribution in [3.63, 3.8) is 0 Å². The number of nitrogens with one attached hydrogen (secondary N) is 2. The third kappa shape index (κ3) is 2.85. The molecular weight excluding hydrogens is 302 g/mol. The molecule has 94 valence electrons. The van der Waals surface area contributed by atoms with E-state index in [-0.39, 0.29) is 5.56 Å². The van der Waals surface area contributed by atoms with Crippen molar-refractivity contribution in [3.8, 4) is 0 Å². The molecular formula is C11H16BrN3OS. The summed E-state index contributed by atoms with van der Waals surface area (Å²) in [5, 5.41) is 3.29. The monoisotopic (exact) mass is 317 g/mol. The number of anilines is 1. The quantitative estimate of drug-likeness (QED) is 0.896. The van der Waals surface area contributed by atoms with Gasteiger partial charge in [-0.1, -0.05) is 12.8 Å². The summed E-state index contributed by atoms with van der Waals surface area (Å²) in [4.78, 5) is 18.1. The van der Waals surface area contributed by atoms with Gasteiger partial charge in [0.05, 0.1) is 6.33 Å². The number of aromatic nitrogens is 2. The van der Waals surface area contributed by atoms with Crippen molar-refractivity contribution in [2.75, 3.05) is 18.1 Å². The SMILES string of the molecule is CSC1(CNc2nc[nH]c(=O)c2Br)CCCC1. The fraction of sp³-hybridized carbons (Fsp3) is 0.636. The Kier molecular flexibility index (Phi) is 4.14. The van der Waals surface area contributed by atoms with Gasteiger partial charge in [-0.25, -0.2) is 4.98 Å². The first-order valence-electron chi connectivity index (χ1n) is 5.69. The number of hydrogen-bond acceptors (Lipinski definition) is 4. The summed E-state index contributed by atoms with van der Waals surface area (Å²) in [5.74, 6) is 0.633. The summed E-state index contributed by atoms with van der Waals surface area (Å²) in [7, 11) is 0. The number of nitrogens with zero attached hydrogens (tertiary/aromatic N) is 1. The first-order chi connectivity index (χ1) is 8.17. The molecule has 0 radical (unpaired) electrons. The van der Waals surface area contributed by atoms with Gasteiger partial charge >= 0.3 is 0 Å². The maximum atomic E-state index is 11.4. The van der Waals surface area contributed by atoms with Gasteiger partial charge in [-0.05, 0) is 35.0 Å². The molecule has 0 saturated heterocycles. The molecule has 2 N–H and O–H groups in total. The summed E-state index contributed by atoms with van der Waals surface area (Å²) >= 11 is 5.17. The number of thioether (sulfide) groups is 1. The molecule has 6 heteroatoms. The van der Waals surface area contributed by atoms with Crippen LogP contribution < -0.4 is 10.9 Å². The van der Waals surface area contributed by atoms with Crippen LogP contribution in [0.2, 0.25) is 0 Å². The fourth-order valence-electron chi connectivity index (χ4n) is 2.22. The van der Waals surface area contributed by atoms with Crippen LogP contribution in [0.4, 0.5) is 5.82 Å². The van der Waals surface area contributed by atoms with E-state index in [1.54, 1.807) is 0 Å². The maximum Gasteiger partial charge on any atom is 0.267 e. The second kappa shape index (κ2) is 5.44. The molecule has 0 spiro atoms. The molecule has 1 aromatic heterocycles. The van der Waals surface area contributed by atoms with Gasteiger partial charge < -0.3 is 10.3 Å². The molecule has 1 aliphatic carbocycles. The van der Waals surface area contributed by atoms with E-state index in [0.29, 0.717) is 15.0 Å². The van der Waals surface area contributed by atoms with Crippen molar-refractivity contribution in [3.05, 3.63) is 21.2 Å². The third-order valence-corrected chi connectivity index (χ3v) is 5.48. The summed E-state index contributed by atoms with van der Waals surface area (Å²) in [5.41, 5.74) is -0.146. The van der Waals surface area contributed by atoms with Crippen LogP contribution in [0.3, 0.4) is 0 Å². The molecule has 1 saturated carbocycles. The van der Waals surface area contributed by atoms with Crippen molar-refractivity contribution in [2.45, 2.75) is 30.4 Å². The normalized spacial score (nSPS) is 18.2. The number of aromatic amines is 1. The van der Waals surface area contributed by atoms with Crippen LogP contribution in [0.25, 0.3) is 0 Å². The lowest BCUT2D eigenvalue weighted by Gasteiger charge is -2.27. The molecule has 0 unspecified atom stereocenters. The van der Waals surface area contributed by atoms with Crippen LogP contribution in [-0.2, 0) is 0 Å². The van der Waals surface area contributed by atoms with Crippen LogP contribution in [0.1, 0.15) is 25.7 Å². The smallest absolute Gasteiger partial charge is 0.267 e. The van der Waals surface area contributed by atoms with Gasteiger partial charge in [0.15, 0.2) is 0 Å². The largest absolute Gasteiger partial charge is 0.368 e. The molecule has 1 aliphatic rings. The molecule has 1 heterocycles. The van der Waals surface area contributed by atoms with E-state index in [4.69, 9.17) is 0 Å². The second-order valence-electron chi connectivity index (χ2n) is 4.34. The molecule has 17 heavy (non-hydrogen) atoms. The predicted octanol–water partition coefficient (Wildman–Crippen LogP) is 2.62. The van der Waals surface area contributed by atoms with Crippen molar-refractivity contribution < 1.29 is 0 Å². The molecule has 4 nitrogen and oxygen atoms in total. The fourth-order valence-corrected chi connectivity index (χ4v) is 3.49. The van der Waals surface area contributed by atoms with E-state index in [1.807, 2.05) is 11.8 Å². The molecule has 0 bridgehead atoms. The minimum Gasteiger partial charge on any atom is -0.368 e. The standard InChI is InChI=1S/C11H16BrN3OS/c1-17-11(4-2-3-5-11)6-13-9-8(12)10(16)15-7-14-9/h7H,2-6H2,1H3,(H2,13,14,15,16). The lowest BCUT2D eigenvalue weighted by atomic mass is 10.1. The average molecular weight is 318 g/mol. The van der Waals surface area contributed by atoms with Gasteiger partial charge in [0.2, 0.25) is 0 Å². The molecule has 0 atom stereocenters. The maximum absolute atomic E-state index is 11.4. The van der Waals surface area contributed by atoms with Crippen molar-refractivity contribution in [1.82, 2.24) is 9.97 Å². The van der Waals surface area contributed by atoms with E-state index in [0.717, 1.165) is 6.54 Å². The van der Waals surface area contributed by atoms with E-state index in [1.165, 1.54) is 32.0 Å². The highest BCUT2D eigenvalue weighted by Gasteiger charge is 2.32. The van der Waals surface area contributed by atoms with Gasteiger partial charge in [0.25, 0.3) is 5.56 Å². The van der Waals surface area contributed by atoms with Crippen LogP contribution in [0.15, 0.2) is 15.6 Å². The van der Waals surface area contributed by atoms with E-state index >= 15 is 0 Å².